The van der Waals surface area contributed by atoms with E-state index in [0.29, 0.717) is 19.6 Å². The lowest BCUT2D eigenvalue weighted by Gasteiger charge is -2.33. The largest absolute Gasteiger partial charge is 0.352 e. The number of hydrogen-bond donors (Lipinski definition) is 1. The number of rotatable bonds is 8. The van der Waals surface area contributed by atoms with Crippen LogP contribution in [-0.4, -0.2) is 87.3 Å². The first-order chi connectivity index (χ1) is 14.4. The van der Waals surface area contributed by atoms with E-state index in [9.17, 15) is 13.2 Å². The summed E-state index contributed by atoms with van der Waals surface area (Å²) in [4.78, 5) is 17.6. The minimum Gasteiger partial charge on any atom is -0.352 e. The number of nitrogens with one attached hydrogen (secondary N) is 1. The van der Waals surface area contributed by atoms with Gasteiger partial charge in [-0.15, -0.1) is 0 Å². The van der Waals surface area contributed by atoms with Gasteiger partial charge in [0.1, 0.15) is 0 Å². The molecular formula is C21H33ClN4O3S. The van der Waals surface area contributed by atoms with E-state index in [0.717, 1.165) is 65.0 Å². The number of piperazine rings is 1. The van der Waals surface area contributed by atoms with E-state index in [2.05, 4.69) is 22.0 Å². The van der Waals surface area contributed by atoms with Crippen LogP contribution in [0.3, 0.4) is 0 Å². The average molecular weight is 457 g/mol. The van der Waals surface area contributed by atoms with Gasteiger partial charge >= 0.3 is 0 Å². The summed E-state index contributed by atoms with van der Waals surface area (Å²) in [6.45, 7) is 10.1. The molecular weight excluding hydrogens is 424 g/mol. The monoisotopic (exact) mass is 456 g/mol. The van der Waals surface area contributed by atoms with Crippen molar-refractivity contribution in [2.75, 3.05) is 58.9 Å². The van der Waals surface area contributed by atoms with Crippen LogP contribution in [0.25, 0.3) is 0 Å². The first-order valence-electron chi connectivity index (χ1n) is 10.9. The Bertz CT molecular complexity index is 820. The van der Waals surface area contributed by atoms with Crippen LogP contribution in [0.5, 0.6) is 0 Å². The number of carbonyl (C=O) groups excluding carboxylic acids is 1. The molecule has 0 saturated carbocycles. The highest BCUT2D eigenvalue weighted by Crippen LogP contribution is 2.25. The van der Waals surface area contributed by atoms with Gasteiger partial charge in [0.05, 0.1) is 15.5 Å². The Balaban J connectivity index is 1.53. The maximum Gasteiger partial charge on any atom is 0.252 e. The SMILES string of the molecule is CCN1CCN(CCCNC(=O)c2cc(S(=O)(=O)N3CCCCC3)ccc2Cl)CC1. The van der Waals surface area contributed by atoms with Crippen molar-refractivity contribution in [3.05, 3.63) is 28.8 Å². The normalized spacial score (nSPS) is 19.7. The van der Waals surface area contributed by atoms with Crippen LogP contribution in [-0.2, 0) is 10.0 Å². The zero-order chi connectivity index (χ0) is 21.6. The molecule has 2 fully saturated rings. The Morgan fingerprint density at radius 2 is 1.70 bits per heavy atom. The van der Waals surface area contributed by atoms with Gasteiger partial charge in [-0.25, -0.2) is 8.42 Å². The highest BCUT2D eigenvalue weighted by Gasteiger charge is 2.27. The van der Waals surface area contributed by atoms with Crippen molar-refractivity contribution in [3.63, 3.8) is 0 Å². The van der Waals surface area contributed by atoms with E-state index >= 15 is 0 Å². The molecule has 1 aromatic rings. The molecule has 3 rings (SSSR count). The van der Waals surface area contributed by atoms with Crippen molar-refractivity contribution in [3.8, 4) is 0 Å². The van der Waals surface area contributed by atoms with Crippen molar-refractivity contribution < 1.29 is 13.2 Å². The summed E-state index contributed by atoms with van der Waals surface area (Å²) in [7, 11) is -3.60. The van der Waals surface area contributed by atoms with Crippen LogP contribution in [0, 0.1) is 0 Å². The summed E-state index contributed by atoms with van der Waals surface area (Å²) < 4.78 is 27.3. The number of likely N-dealkylation sites (N-methyl/N-ethyl adjacent to an activating group) is 1. The third kappa shape index (κ3) is 5.95. The summed E-state index contributed by atoms with van der Waals surface area (Å²) in [5.74, 6) is -0.327. The molecule has 0 unspecified atom stereocenters. The number of piperidine rings is 1. The molecule has 168 valence electrons. The van der Waals surface area contributed by atoms with Gasteiger partial charge in [0.2, 0.25) is 10.0 Å². The molecule has 2 saturated heterocycles. The van der Waals surface area contributed by atoms with Gasteiger partial charge in [0.15, 0.2) is 0 Å². The van der Waals surface area contributed by atoms with Gasteiger partial charge in [-0.3, -0.25) is 4.79 Å². The number of amides is 1. The number of benzene rings is 1. The number of nitrogens with zero attached hydrogens (tertiary/aromatic N) is 3. The van der Waals surface area contributed by atoms with E-state index in [1.54, 1.807) is 0 Å². The highest BCUT2D eigenvalue weighted by molar-refractivity contribution is 7.89. The van der Waals surface area contributed by atoms with Crippen LogP contribution >= 0.6 is 11.6 Å². The lowest BCUT2D eigenvalue weighted by molar-refractivity contribution is 0.0948. The summed E-state index contributed by atoms with van der Waals surface area (Å²) in [6.07, 6.45) is 3.64. The van der Waals surface area contributed by atoms with E-state index in [1.807, 2.05) is 0 Å². The molecule has 0 radical (unpaired) electrons. The first kappa shape index (κ1) is 23.5. The molecule has 0 bridgehead atoms. The molecule has 1 N–H and O–H groups in total. The molecule has 9 heteroatoms. The summed E-state index contributed by atoms with van der Waals surface area (Å²) in [5, 5.41) is 3.15. The quantitative estimate of drug-likeness (QED) is 0.607. The molecule has 0 spiro atoms. The minimum absolute atomic E-state index is 0.132. The summed E-state index contributed by atoms with van der Waals surface area (Å²) >= 11 is 6.21. The average Bonchev–Trinajstić information content (AvgIpc) is 2.77. The second-order valence-corrected chi connectivity index (χ2v) is 10.3. The van der Waals surface area contributed by atoms with Crippen LogP contribution in [0.15, 0.2) is 23.1 Å². The number of hydrogen-bond acceptors (Lipinski definition) is 5. The third-order valence-corrected chi connectivity index (χ3v) is 8.21. The highest BCUT2D eigenvalue weighted by atomic mass is 35.5. The molecule has 0 aliphatic carbocycles. The van der Waals surface area contributed by atoms with Crippen LogP contribution in [0.4, 0.5) is 0 Å². The van der Waals surface area contributed by atoms with Gasteiger partial charge < -0.3 is 15.1 Å². The predicted molar refractivity (Wildman–Crippen MR) is 120 cm³/mol. The van der Waals surface area contributed by atoms with Crippen molar-refractivity contribution in [2.45, 2.75) is 37.5 Å². The van der Waals surface area contributed by atoms with E-state index < -0.39 is 10.0 Å². The minimum atomic E-state index is -3.60. The molecule has 7 nitrogen and oxygen atoms in total. The fourth-order valence-corrected chi connectivity index (χ4v) is 5.77. The Labute approximate surface area is 185 Å². The first-order valence-corrected chi connectivity index (χ1v) is 12.8. The summed E-state index contributed by atoms with van der Waals surface area (Å²) in [5.41, 5.74) is 0.214. The van der Waals surface area contributed by atoms with Crippen molar-refractivity contribution in [1.82, 2.24) is 19.4 Å². The molecule has 0 atom stereocenters. The van der Waals surface area contributed by atoms with Gasteiger partial charge in [0.25, 0.3) is 5.91 Å². The van der Waals surface area contributed by atoms with Gasteiger partial charge in [-0.1, -0.05) is 24.9 Å². The van der Waals surface area contributed by atoms with Crippen LogP contribution in [0.2, 0.25) is 5.02 Å². The Morgan fingerprint density at radius 1 is 1.03 bits per heavy atom. The summed E-state index contributed by atoms with van der Waals surface area (Å²) in [6, 6.07) is 4.39. The molecule has 2 aliphatic heterocycles. The lowest BCUT2D eigenvalue weighted by atomic mass is 10.2. The maximum atomic E-state index is 12.9. The predicted octanol–water partition coefficient (Wildman–Crippen LogP) is 2.27. The van der Waals surface area contributed by atoms with Gasteiger partial charge in [0, 0.05) is 45.8 Å². The van der Waals surface area contributed by atoms with E-state index in [1.165, 1.54) is 22.5 Å². The van der Waals surface area contributed by atoms with Crippen molar-refractivity contribution in [1.29, 1.82) is 0 Å². The standard InChI is InChI=1S/C21H33ClN4O3S/c1-2-24-13-15-25(16-14-24)10-6-9-23-21(27)19-17-18(7-8-20(19)22)30(28,29)26-11-4-3-5-12-26/h7-8,17H,2-6,9-16H2,1H3,(H,23,27). The van der Waals surface area contributed by atoms with Gasteiger partial charge in [-0.05, 0) is 50.6 Å². The number of carbonyl (C=O) groups is 1. The van der Waals surface area contributed by atoms with Crippen molar-refractivity contribution >= 4 is 27.5 Å². The second kappa shape index (κ2) is 10.9. The number of halogens is 1. The molecule has 1 amide bonds. The maximum absolute atomic E-state index is 12.9. The van der Waals surface area contributed by atoms with E-state index in [-0.39, 0.29) is 21.4 Å². The van der Waals surface area contributed by atoms with Gasteiger partial charge in [-0.2, -0.15) is 4.31 Å². The second-order valence-electron chi connectivity index (χ2n) is 7.99. The Morgan fingerprint density at radius 3 is 2.37 bits per heavy atom. The van der Waals surface area contributed by atoms with Crippen molar-refractivity contribution in [2.24, 2.45) is 0 Å². The fraction of sp³-hybridized carbons (Fsp3) is 0.667. The zero-order valence-corrected chi connectivity index (χ0v) is 19.3. The smallest absolute Gasteiger partial charge is 0.252 e. The lowest BCUT2D eigenvalue weighted by Crippen LogP contribution is -2.46. The third-order valence-electron chi connectivity index (χ3n) is 5.98. The molecule has 2 heterocycles. The molecule has 2 aliphatic rings. The van der Waals surface area contributed by atoms with Crippen LogP contribution < -0.4 is 5.32 Å². The van der Waals surface area contributed by atoms with E-state index in [4.69, 9.17) is 11.6 Å². The molecule has 0 aromatic heterocycles. The Kier molecular flexibility index (Phi) is 8.53. The molecule has 1 aromatic carbocycles. The fourth-order valence-electron chi connectivity index (χ4n) is 4.02. The number of sulfonamides is 1. The topological polar surface area (TPSA) is 73.0 Å². The zero-order valence-electron chi connectivity index (χ0n) is 17.8. The Hall–Kier alpha value is -1.19. The van der Waals surface area contributed by atoms with Crippen LogP contribution in [0.1, 0.15) is 43.0 Å². The molecule has 30 heavy (non-hydrogen) atoms.